The second kappa shape index (κ2) is 10.0. The average molecular weight is 473 g/mol. The summed E-state index contributed by atoms with van der Waals surface area (Å²) in [7, 11) is 0. The predicted molar refractivity (Wildman–Crippen MR) is 128 cm³/mol. The van der Waals surface area contributed by atoms with Gasteiger partial charge in [-0.15, -0.1) is 0 Å². The first-order valence-corrected chi connectivity index (χ1v) is 10.7. The number of fused-ring (bicyclic) bond motifs is 1. The minimum Gasteiger partial charge on any atom is -0.488 e. The van der Waals surface area contributed by atoms with Crippen molar-refractivity contribution in [3.05, 3.63) is 112 Å². The number of hydrazone groups is 1. The van der Waals surface area contributed by atoms with Gasteiger partial charge < -0.3 is 4.74 Å². The molecule has 1 N–H and O–H groups in total. The van der Waals surface area contributed by atoms with Crippen LogP contribution in [0.25, 0.3) is 10.8 Å². The summed E-state index contributed by atoms with van der Waals surface area (Å²) in [6, 6.07) is 29.6. The van der Waals surface area contributed by atoms with Gasteiger partial charge in [-0.05, 0) is 46.2 Å². The van der Waals surface area contributed by atoms with Crippen LogP contribution >= 0.6 is 15.9 Å². The van der Waals surface area contributed by atoms with E-state index in [1.807, 2.05) is 91.0 Å². The first-order chi connectivity index (χ1) is 15.2. The highest BCUT2D eigenvalue weighted by atomic mass is 79.9. The molecule has 4 aromatic rings. The lowest BCUT2D eigenvalue weighted by Crippen LogP contribution is -2.20. The summed E-state index contributed by atoms with van der Waals surface area (Å²) >= 11 is 3.43. The maximum Gasteiger partial charge on any atom is 0.244 e. The van der Waals surface area contributed by atoms with Crippen molar-refractivity contribution in [1.82, 2.24) is 5.43 Å². The van der Waals surface area contributed by atoms with E-state index in [-0.39, 0.29) is 12.3 Å². The highest BCUT2D eigenvalue weighted by Crippen LogP contribution is 2.20. The van der Waals surface area contributed by atoms with Gasteiger partial charge in [-0.3, -0.25) is 4.79 Å². The Kier molecular flexibility index (Phi) is 6.75. The average Bonchev–Trinajstić information content (AvgIpc) is 2.80. The van der Waals surface area contributed by atoms with Crippen LogP contribution in [0, 0.1) is 0 Å². The van der Waals surface area contributed by atoms with E-state index in [4.69, 9.17) is 4.74 Å². The first kappa shape index (κ1) is 20.8. The Hall–Kier alpha value is -3.44. The second-order valence-electron chi connectivity index (χ2n) is 7.06. The SMILES string of the molecule is O=C(Cc1cccc2ccccc12)N/N=C\c1ccccc1OCc1ccc(Br)cc1. The number of halogens is 1. The fraction of sp³-hybridized carbons (Fsp3) is 0.0769. The lowest BCUT2D eigenvalue weighted by Gasteiger charge is -2.09. The number of nitrogens with one attached hydrogen (secondary N) is 1. The van der Waals surface area contributed by atoms with Crippen LogP contribution in [-0.4, -0.2) is 12.1 Å². The zero-order chi connectivity index (χ0) is 21.5. The highest BCUT2D eigenvalue weighted by molar-refractivity contribution is 9.10. The van der Waals surface area contributed by atoms with E-state index in [2.05, 4.69) is 26.5 Å². The van der Waals surface area contributed by atoms with E-state index in [0.717, 1.165) is 31.9 Å². The lowest BCUT2D eigenvalue weighted by atomic mass is 10.0. The fourth-order valence-electron chi connectivity index (χ4n) is 3.29. The molecule has 0 aliphatic carbocycles. The molecule has 154 valence electrons. The Morgan fingerprint density at radius 3 is 2.52 bits per heavy atom. The van der Waals surface area contributed by atoms with Crippen molar-refractivity contribution in [1.29, 1.82) is 0 Å². The largest absolute Gasteiger partial charge is 0.488 e. The third-order valence-corrected chi connectivity index (χ3v) is 5.38. The summed E-state index contributed by atoms with van der Waals surface area (Å²) in [6.45, 7) is 0.450. The molecule has 0 radical (unpaired) electrons. The van der Waals surface area contributed by atoms with Gasteiger partial charge >= 0.3 is 0 Å². The Labute approximate surface area is 189 Å². The summed E-state index contributed by atoms with van der Waals surface area (Å²) in [5.41, 5.74) is 5.46. The predicted octanol–water partition coefficient (Wildman–Crippen LogP) is 5.87. The number of hydrogen-bond donors (Lipinski definition) is 1. The molecule has 0 unspecified atom stereocenters. The van der Waals surface area contributed by atoms with E-state index in [1.165, 1.54) is 0 Å². The van der Waals surface area contributed by atoms with Gasteiger partial charge in [-0.1, -0.05) is 82.7 Å². The molecular weight excluding hydrogens is 452 g/mol. The van der Waals surface area contributed by atoms with Crippen LogP contribution in [0.4, 0.5) is 0 Å². The second-order valence-corrected chi connectivity index (χ2v) is 7.98. The molecule has 4 nitrogen and oxygen atoms in total. The van der Waals surface area contributed by atoms with Crippen molar-refractivity contribution in [2.24, 2.45) is 5.10 Å². The molecule has 0 aromatic heterocycles. The molecule has 0 fully saturated rings. The van der Waals surface area contributed by atoms with Gasteiger partial charge in [0.2, 0.25) is 5.91 Å². The number of rotatable bonds is 7. The van der Waals surface area contributed by atoms with Gasteiger partial charge in [-0.25, -0.2) is 5.43 Å². The molecule has 4 rings (SSSR count). The molecule has 0 atom stereocenters. The maximum atomic E-state index is 12.4. The van der Waals surface area contributed by atoms with Gasteiger partial charge in [0.05, 0.1) is 12.6 Å². The summed E-state index contributed by atoms with van der Waals surface area (Å²) in [6.07, 6.45) is 1.87. The number of carbonyl (C=O) groups is 1. The van der Waals surface area contributed by atoms with Gasteiger partial charge in [0, 0.05) is 10.0 Å². The molecule has 0 saturated heterocycles. The topological polar surface area (TPSA) is 50.7 Å². The van der Waals surface area contributed by atoms with E-state index in [0.29, 0.717) is 12.4 Å². The Balaban J connectivity index is 1.38. The molecule has 0 aliphatic heterocycles. The fourth-order valence-corrected chi connectivity index (χ4v) is 3.56. The normalized spacial score (nSPS) is 11.0. The van der Waals surface area contributed by atoms with E-state index >= 15 is 0 Å². The van der Waals surface area contributed by atoms with Crippen LogP contribution in [0.15, 0.2) is 101 Å². The van der Waals surface area contributed by atoms with Gasteiger partial charge in [0.15, 0.2) is 0 Å². The Morgan fingerprint density at radius 1 is 0.903 bits per heavy atom. The van der Waals surface area contributed by atoms with Crippen molar-refractivity contribution in [2.75, 3.05) is 0 Å². The van der Waals surface area contributed by atoms with E-state index < -0.39 is 0 Å². The van der Waals surface area contributed by atoms with Crippen LogP contribution < -0.4 is 10.2 Å². The summed E-state index contributed by atoms with van der Waals surface area (Å²) < 4.78 is 6.98. The van der Waals surface area contributed by atoms with Crippen molar-refractivity contribution in [2.45, 2.75) is 13.0 Å². The third-order valence-electron chi connectivity index (χ3n) is 4.85. The van der Waals surface area contributed by atoms with Crippen LogP contribution in [0.3, 0.4) is 0 Å². The lowest BCUT2D eigenvalue weighted by molar-refractivity contribution is -0.120. The molecule has 0 saturated carbocycles. The molecule has 0 spiro atoms. The molecular formula is C26H21BrN2O2. The quantitative estimate of drug-likeness (QED) is 0.270. The third kappa shape index (κ3) is 5.58. The number of hydrogen-bond acceptors (Lipinski definition) is 3. The number of carbonyl (C=O) groups excluding carboxylic acids is 1. The minimum absolute atomic E-state index is 0.166. The van der Waals surface area contributed by atoms with E-state index in [9.17, 15) is 4.79 Å². The smallest absolute Gasteiger partial charge is 0.244 e. The summed E-state index contributed by atoms with van der Waals surface area (Å²) in [5.74, 6) is 0.540. The molecule has 31 heavy (non-hydrogen) atoms. The molecule has 4 aromatic carbocycles. The summed E-state index contributed by atoms with van der Waals surface area (Å²) in [5, 5.41) is 6.33. The number of ether oxygens (including phenoxy) is 1. The minimum atomic E-state index is -0.166. The zero-order valence-corrected chi connectivity index (χ0v) is 18.4. The molecule has 0 aliphatic rings. The summed E-state index contributed by atoms with van der Waals surface area (Å²) in [4.78, 5) is 12.4. The van der Waals surface area contributed by atoms with Crippen molar-refractivity contribution >= 4 is 38.8 Å². The van der Waals surface area contributed by atoms with Gasteiger partial charge in [-0.2, -0.15) is 5.10 Å². The molecule has 5 heteroatoms. The number of para-hydroxylation sites is 1. The van der Waals surface area contributed by atoms with Gasteiger partial charge in [0.25, 0.3) is 0 Å². The zero-order valence-electron chi connectivity index (χ0n) is 16.8. The standard InChI is InChI=1S/C26H21BrN2O2/c27-23-14-12-19(13-15-23)18-31-25-11-4-2-7-22(25)17-28-29-26(30)16-21-9-5-8-20-6-1-3-10-24(20)21/h1-15,17H,16,18H2,(H,29,30)/b28-17-. The van der Waals surface area contributed by atoms with Crippen LogP contribution in [0.2, 0.25) is 0 Å². The number of amides is 1. The van der Waals surface area contributed by atoms with Crippen molar-refractivity contribution < 1.29 is 9.53 Å². The highest BCUT2D eigenvalue weighted by Gasteiger charge is 2.06. The van der Waals surface area contributed by atoms with Crippen molar-refractivity contribution in [3.63, 3.8) is 0 Å². The van der Waals surface area contributed by atoms with Crippen molar-refractivity contribution in [3.8, 4) is 5.75 Å². The Bertz CT molecular complexity index is 1210. The van der Waals surface area contributed by atoms with Crippen LogP contribution in [-0.2, 0) is 17.8 Å². The van der Waals surface area contributed by atoms with Crippen LogP contribution in [0.1, 0.15) is 16.7 Å². The maximum absolute atomic E-state index is 12.4. The Morgan fingerprint density at radius 2 is 1.65 bits per heavy atom. The number of nitrogens with zero attached hydrogens (tertiary/aromatic N) is 1. The first-order valence-electron chi connectivity index (χ1n) is 9.94. The molecule has 0 heterocycles. The van der Waals surface area contributed by atoms with Crippen LogP contribution in [0.5, 0.6) is 5.75 Å². The monoisotopic (exact) mass is 472 g/mol. The van der Waals surface area contributed by atoms with Gasteiger partial charge in [0.1, 0.15) is 12.4 Å². The number of benzene rings is 4. The molecule has 1 amide bonds. The van der Waals surface area contributed by atoms with E-state index in [1.54, 1.807) is 6.21 Å². The molecule has 0 bridgehead atoms.